The smallest absolute Gasteiger partial charge is 0.303 e. The molecule has 0 radical (unpaired) electrons. The van der Waals surface area contributed by atoms with E-state index in [1.54, 1.807) is 0 Å². The molecule has 1 saturated heterocycles. The van der Waals surface area contributed by atoms with Crippen molar-refractivity contribution in [2.24, 2.45) is 5.11 Å². The second-order valence-corrected chi connectivity index (χ2v) is 3.51. The van der Waals surface area contributed by atoms with E-state index >= 15 is 0 Å². The molecule has 0 aliphatic carbocycles. The van der Waals surface area contributed by atoms with E-state index in [1.807, 2.05) is 0 Å². The number of hydrogen-bond acceptors (Lipinski definition) is 7. The molecule has 0 bridgehead atoms. The van der Waals surface area contributed by atoms with Gasteiger partial charge in [-0.1, -0.05) is 5.11 Å². The maximum Gasteiger partial charge on any atom is 0.303 e. The molecule has 0 unspecified atom stereocenters. The average molecular weight is 247 g/mol. The van der Waals surface area contributed by atoms with Crippen LogP contribution >= 0.6 is 0 Å². The van der Waals surface area contributed by atoms with Gasteiger partial charge in [-0.15, -0.1) is 0 Å². The number of aliphatic hydroxyl groups excluding tert-OH is 3. The second-order valence-electron chi connectivity index (χ2n) is 3.51. The van der Waals surface area contributed by atoms with Gasteiger partial charge in [0, 0.05) is 11.8 Å². The molecule has 3 N–H and O–H groups in total. The molecule has 1 rings (SSSR count). The molecule has 1 aliphatic heterocycles. The lowest BCUT2D eigenvalue weighted by molar-refractivity contribution is -0.236. The number of aliphatic hydroxyl groups is 3. The zero-order valence-corrected chi connectivity index (χ0v) is 9.00. The predicted octanol–water partition coefficient (Wildman–Crippen LogP) is -1.33. The van der Waals surface area contributed by atoms with E-state index in [2.05, 4.69) is 10.0 Å². The molecule has 0 aromatic heterocycles. The second kappa shape index (κ2) is 5.80. The fourth-order valence-corrected chi connectivity index (χ4v) is 1.53. The van der Waals surface area contributed by atoms with Crippen molar-refractivity contribution < 1.29 is 29.6 Å². The van der Waals surface area contributed by atoms with Crippen molar-refractivity contribution in [2.45, 2.75) is 37.6 Å². The standard InChI is InChI=1S/C8H13N3O6/c1-3(13)16-7-6(15)5(14)4(2-12)17-8(7)10-11-9/h4-8,12,14-15H,2H2,1H3/t4-,5-,6+,7-,8-/m1/s1. The number of azide groups is 1. The summed E-state index contributed by atoms with van der Waals surface area (Å²) in [4.78, 5) is 13.3. The third-order valence-electron chi connectivity index (χ3n) is 2.31. The van der Waals surface area contributed by atoms with Gasteiger partial charge >= 0.3 is 5.97 Å². The zero-order valence-electron chi connectivity index (χ0n) is 9.00. The van der Waals surface area contributed by atoms with Crippen LogP contribution in [0.1, 0.15) is 6.92 Å². The Kier molecular flexibility index (Phi) is 4.67. The average Bonchev–Trinajstić information content (AvgIpc) is 2.28. The Bertz CT molecular complexity index is 331. The minimum atomic E-state index is -1.50. The Morgan fingerprint density at radius 2 is 2.18 bits per heavy atom. The lowest BCUT2D eigenvalue weighted by atomic mass is 9.98. The molecular formula is C8H13N3O6. The number of carbonyl (C=O) groups excluding carboxylic acids is 1. The first-order chi connectivity index (χ1) is 8.01. The van der Waals surface area contributed by atoms with Crippen molar-refractivity contribution in [1.82, 2.24) is 0 Å². The normalized spacial score (nSPS) is 37.1. The van der Waals surface area contributed by atoms with Crippen LogP contribution in [-0.2, 0) is 14.3 Å². The summed E-state index contributed by atoms with van der Waals surface area (Å²) in [6.45, 7) is 0.535. The van der Waals surface area contributed by atoms with Crippen LogP contribution < -0.4 is 0 Å². The summed E-state index contributed by atoms with van der Waals surface area (Å²) in [5, 5.41) is 31.3. The minimum absolute atomic E-state index is 0.567. The molecule has 0 spiro atoms. The summed E-state index contributed by atoms with van der Waals surface area (Å²) in [6.07, 6.45) is -6.64. The highest BCUT2D eigenvalue weighted by molar-refractivity contribution is 5.66. The van der Waals surface area contributed by atoms with Crippen LogP contribution in [0.2, 0.25) is 0 Å². The van der Waals surface area contributed by atoms with E-state index in [0.29, 0.717) is 0 Å². The molecule has 1 fully saturated rings. The minimum Gasteiger partial charge on any atom is -0.457 e. The van der Waals surface area contributed by atoms with Crippen molar-refractivity contribution in [2.75, 3.05) is 6.61 Å². The third kappa shape index (κ3) is 3.05. The Labute approximate surface area is 96.2 Å². The number of ether oxygens (including phenoxy) is 2. The number of carbonyl (C=O) groups is 1. The maximum absolute atomic E-state index is 10.8. The van der Waals surface area contributed by atoms with Crippen molar-refractivity contribution in [1.29, 1.82) is 0 Å². The SMILES string of the molecule is CC(=O)O[C@@H]1[C@@H](O)[C@H](O)[C@@H](CO)O[C@H]1N=[N+]=[N-]. The van der Waals surface area contributed by atoms with Crippen molar-refractivity contribution in [3.05, 3.63) is 10.4 Å². The van der Waals surface area contributed by atoms with Gasteiger partial charge in [0.1, 0.15) is 18.3 Å². The first-order valence-electron chi connectivity index (χ1n) is 4.85. The van der Waals surface area contributed by atoms with Gasteiger partial charge in [0.05, 0.1) is 6.61 Å². The van der Waals surface area contributed by atoms with Crippen LogP contribution in [0.5, 0.6) is 0 Å². The van der Waals surface area contributed by atoms with E-state index in [9.17, 15) is 15.0 Å². The largest absolute Gasteiger partial charge is 0.457 e. The fourth-order valence-electron chi connectivity index (χ4n) is 1.53. The first-order valence-corrected chi connectivity index (χ1v) is 4.85. The van der Waals surface area contributed by atoms with E-state index in [4.69, 9.17) is 20.1 Å². The van der Waals surface area contributed by atoms with E-state index in [-0.39, 0.29) is 0 Å². The van der Waals surface area contributed by atoms with Crippen molar-refractivity contribution >= 4 is 5.97 Å². The lowest BCUT2D eigenvalue weighted by Crippen LogP contribution is -2.59. The Hall–Kier alpha value is -1.38. The first kappa shape index (κ1) is 13.7. The molecule has 17 heavy (non-hydrogen) atoms. The Balaban J connectivity index is 2.90. The number of nitrogens with zero attached hydrogens (tertiary/aromatic N) is 3. The maximum atomic E-state index is 10.8. The summed E-state index contributed by atoms with van der Waals surface area (Å²) >= 11 is 0. The van der Waals surface area contributed by atoms with Crippen LogP contribution in [0.4, 0.5) is 0 Å². The third-order valence-corrected chi connectivity index (χ3v) is 2.31. The number of esters is 1. The van der Waals surface area contributed by atoms with E-state index in [0.717, 1.165) is 6.92 Å². The van der Waals surface area contributed by atoms with Gasteiger partial charge in [-0.05, 0) is 5.53 Å². The van der Waals surface area contributed by atoms with Crippen LogP contribution in [0.25, 0.3) is 10.4 Å². The van der Waals surface area contributed by atoms with E-state index < -0.39 is 43.2 Å². The number of hydrogen-bond donors (Lipinski definition) is 3. The van der Waals surface area contributed by atoms with Gasteiger partial charge in [0.15, 0.2) is 12.3 Å². The van der Waals surface area contributed by atoms with E-state index in [1.165, 1.54) is 0 Å². The van der Waals surface area contributed by atoms with Crippen molar-refractivity contribution in [3.8, 4) is 0 Å². The van der Waals surface area contributed by atoms with Gasteiger partial charge in [-0.2, -0.15) is 0 Å². The molecule has 0 saturated carbocycles. The molecule has 96 valence electrons. The fraction of sp³-hybridized carbons (Fsp3) is 0.875. The molecule has 0 amide bonds. The van der Waals surface area contributed by atoms with Crippen LogP contribution in [0, 0.1) is 0 Å². The molecular weight excluding hydrogens is 234 g/mol. The molecule has 1 aliphatic rings. The highest BCUT2D eigenvalue weighted by atomic mass is 16.6. The van der Waals surface area contributed by atoms with Gasteiger partial charge in [0.2, 0.25) is 0 Å². The predicted molar refractivity (Wildman–Crippen MR) is 52.5 cm³/mol. The monoisotopic (exact) mass is 247 g/mol. The molecule has 9 heteroatoms. The van der Waals surface area contributed by atoms with Gasteiger partial charge in [0.25, 0.3) is 0 Å². The zero-order chi connectivity index (χ0) is 13.0. The molecule has 1 heterocycles. The lowest BCUT2D eigenvalue weighted by Gasteiger charge is -2.39. The van der Waals surface area contributed by atoms with Crippen molar-refractivity contribution in [3.63, 3.8) is 0 Å². The molecule has 9 nitrogen and oxygen atoms in total. The highest BCUT2D eigenvalue weighted by Gasteiger charge is 2.45. The van der Waals surface area contributed by atoms with Gasteiger partial charge in [-0.25, -0.2) is 0 Å². The van der Waals surface area contributed by atoms with Crippen LogP contribution in [0.15, 0.2) is 5.11 Å². The summed E-state index contributed by atoms with van der Waals surface area (Å²) in [7, 11) is 0. The number of rotatable bonds is 3. The summed E-state index contributed by atoms with van der Waals surface area (Å²) in [6, 6.07) is 0. The van der Waals surface area contributed by atoms with Gasteiger partial charge < -0.3 is 24.8 Å². The summed E-state index contributed by atoms with van der Waals surface area (Å²) in [5.74, 6) is -0.717. The van der Waals surface area contributed by atoms with Crippen LogP contribution in [-0.4, -0.2) is 58.5 Å². The Morgan fingerprint density at radius 1 is 1.53 bits per heavy atom. The Morgan fingerprint density at radius 3 is 2.65 bits per heavy atom. The molecule has 0 aromatic rings. The molecule has 0 aromatic carbocycles. The van der Waals surface area contributed by atoms with Gasteiger partial charge in [-0.3, -0.25) is 4.79 Å². The topological polar surface area (TPSA) is 145 Å². The quantitative estimate of drug-likeness (QED) is 0.244. The molecule has 5 atom stereocenters. The summed E-state index contributed by atoms with van der Waals surface area (Å²) < 4.78 is 9.73. The summed E-state index contributed by atoms with van der Waals surface area (Å²) in [5.41, 5.74) is 8.31. The highest BCUT2D eigenvalue weighted by Crippen LogP contribution is 2.24. The van der Waals surface area contributed by atoms with Crippen LogP contribution in [0.3, 0.4) is 0 Å².